The minimum Gasteiger partial charge on any atom is -0.381 e. The van der Waals surface area contributed by atoms with Crippen molar-refractivity contribution in [1.29, 1.82) is 0 Å². The van der Waals surface area contributed by atoms with Gasteiger partial charge in [-0.3, -0.25) is 4.68 Å². The molecule has 4 aromatic rings. The Kier molecular flexibility index (Phi) is 5.32. The van der Waals surface area contributed by atoms with E-state index in [1.54, 1.807) is 6.92 Å². The maximum Gasteiger partial charge on any atom is 0.137 e. The third kappa shape index (κ3) is 3.93. The first kappa shape index (κ1) is 20.7. The molecule has 0 aliphatic carbocycles. The summed E-state index contributed by atoms with van der Waals surface area (Å²) in [7, 11) is 0. The van der Waals surface area contributed by atoms with Gasteiger partial charge < -0.3 is 5.11 Å². The van der Waals surface area contributed by atoms with Crippen LogP contribution in [0.3, 0.4) is 0 Å². The minimum absolute atomic E-state index is 0.0696. The molecule has 1 N–H and O–H groups in total. The van der Waals surface area contributed by atoms with E-state index < -0.39 is 34.9 Å². The fourth-order valence-electron chi connectivity index (χ4n) is 3.46. The third-order valence-electron chi connectivity index (χ3n) is 5.17. The number of rotatable bonds is 6. The van der Waals surface area contributed by atoms with Gasteiger partial charge in [-0.25, -0.2) is 27.2 Å². The zero-order valence-corrected chi connectivity index (χ0v) is 16.3. The fourth-order valence-corrected chi connectivity index (χ4v) is 3.46. The summed E-state index contributed by atoms with van der Waals surface area (Å²) in [5.74, 6) is -3.24. The number of nitrogens with zero attached hydrogens (tertiary/aromatic N) is 5. The monoisotopic (exact) mass is 431 g/mol. The number of hydrogen-bond acceptors (Lipinski definition) is 4. The Hall–Kier alpha value is -3.53. The van der Waals surface area contributed by atoms with Gasteiger partial charge in [0.25, 0.3) is 0 Å². The molecule has 0 saturated heterocycles. The number of aromatic nitrogens is 5. The largest absolute Gasteiger partial charge is 0.381 e. The van der Waals surface area contributed by atoms with Gasteiger partial charge in [0.1, 0.15) is 41.5 Å². The molecule has 0 spiro atoms. The highest BCUT2D eigenvalue weighted by molar-refractivity contribution is 5.59. The van der Waals surface area contributed by atoms with Crippen molar-refractivity contribution >= 4 is 0 Å². The quantitative estimate of drug-likeness (QED) is 0.471. The van der Waals surface area contributed by atoms with Gasteiger partial charge in [-0.05, 0) is 31.2 Å². The SMILES string of the molecule is C[C@@H](n1ccc(-c2ccc(F)cc2F)n1)[C@](O)(Cn1cncn1)c1ccc(F)cc1F. The van der Waals surface area contributed by atoms with E-state index in [0.29, 0.717) is 6.07 Å². The zero-order chi connectivity index (χ0) is 22.2. The molecular formula is C21H17F4N5O. The van der Waals surface area contributed by atoms with Crippen molar-refractivity contribution < 1.29 is 22.7 Å². The van der Waals surface area contributed by atoms with Crippen molar-refractivity contribution in [3.05, 3.63) is 90.1 Å². The molecule has 0 radical (unpaired) electrons. The molecule has 2 aromatic heterocycles. The first-order chi connectivity index (χ1) is 14.8. The maximum atomic E-state index is 14.7. The summed E-state index contributed by atoms with van der Waals surface area (Å²) in [4.78, 5) is 3.82. The molecule has 0 amide bonds. The minimum atomic E-state index is -1.92. The molecule has 2 atom stereocenters. The summed E-state index contributed by atoms with van der Waals surface area (Å²) >= 11 is 0. The number of hydrogen-bond donors (Lipinski definition) is 1. The Labute approximate surface area is 174 Å². The van der Waals surface area contributed by atoms with Gasteiger partial charge in [0.05, 0.1) is 18.3 Å². The van der Waals surface area contributed by atoms with E-state index in [1.165, 1.54) is 40.3 Å². The highest BCUT2D eigenvalue weighted by Crippen LogP contribution is 2.37. The third-order valence-corrected chi connectivity index (χ3v) is 5.17. The molecule has 10 heteroatoms. The van der Waals surface area contributed by atoms with Crippen LogP contribution in [-0.4, -0.2) is 29.7 Å². The van der Waals surface area contributed by atoms with Gasteiger partial charge in [0.15, 0.2) is 0 Å². The average Bonchev–Trinajstić information content (AvgIpc) is 3.39. The summed E-state index contributed by atoms with van der Waals surface area (Å²) < 4.78 is 58.1. The predicted molar refractivity (Wildman–Crippen MR) is 103 cm³/mol. The number of aliphatic hydroxyl groups is 1. The molecule has 4 rings (SSSR count). The molecule has 0 fully saturated rings. The lowest BCUT2D eigenvalue weighted by molar-refractivity contribution is -0.0368. The fraction of sp³-hybridized carbons (Fsp3) is 0.190. The maximum absolute atomic E-state index is 14.7. The summed E-state index contributed by atoms with van der Waals surface area (Å²) in [6.45, 7) is 1.37. The highest BCUT2D eigenvalue weighted by atomic mass is 19.1. The lowest BCUT2D eigenvalue weighted by atomic mass is 9.86. The molecule has 6 nitrogen and oxygen atoms in total. The molecule has 0 aliphatic rings. The van der Waals surface area contributed by atoms with E-state index >= 15 is 0 Å². The Balaban J connectivity index is 1.76. The van der Waals surface area contributed by atoms with Gasteiger partial charge in [0.2, 0.25) is 0 Å². The van der Waals surface area contributed by atoms with Crippen LogP contribution in [0.4, 0.5) is 17.6 Å². The Bertz CT molecular complexity index is 1210. The van der Waals surface area contributed by atoms with Gasteiger partial charge in [-0.15, -0.1) is 0 Å². The first-order valence-electron chi connectivity index (χ1n) is 9.29. The van der Waals surface area contributed by atoms with Crippen LogP contribution in [0.25, 0.3) is 11.3 Å². The first-order valence-corrected chi connectivity index (χ1v) is 9.29. The zero-order valence-electron chi connectivity index (χ0n) is 16.3. The van der Waals surface area contributed by atoms with E-state index in [2.05, 4.69) is 15.2 Å². The van der Waals surface area contributed by atoms with Crippen LogP contribution < -0.4 is 0 Å². The second kappa shape index (κ2) is 7.95. The second-order valence-electron chi connectivity index (χ2n) is 7.12. The lowest BCUT2D eigenvalue weighted by Gasteiger charge is -2.34. The van der Waals surface area contributed by atoms with Crippen LogP contribution >= 0.6 is 0 Å². The van der Waals surface area contributed by atoms with E-state index in [9.17, 15) is 22.7 Å². The van der Waals surface area contributed by atoms with E-state index in [0.717, 1.165) is 24.3 Å². The van der Waals surface area contributed by atoms with Crippen molar-refractivity contribution in [3.8, 4) is 11.3 Å². The molecule has 0 bridgehead atoms. The topological polar surface area (TPSA) is 68.8 Å². The Morgan fingerprint density at radius 2 is 1.71 bits per heavy atom. The van der Waals surface area contributed by atoms with Crippen molar-refractivity contribution in [2.24, 2.45) is 0 Å². The summed E-state index contributed by atoms with van der Waals surface area (Å²) in [6, 6.07) is 6.57. The van der Waals surface area contributed by atoms with Gasteiger partial charge in [-0.2, -0.15) is 10.2 Å². The van der Waals surface area contributed by atoms with Crippen LogP contribution in [0.1, 0.15) is 18.5 Å². The van der Waals surface area contributed by atoms with Crippen molar-refractivity contribution in [3.63, 3.8) is 0 Å². The Morgan fingerprint density at radius 1 is 1.00 bits per heavy atom. The lowest BCUT2D eigenvalue weighted by Crippen LogP contribution is -2.40. The normalized spacial score (nSPS) is 14.4. The smallest absolute Gasteiger partial charge is 0.137 e. The van der Waals surface area contributed by atoms with Crippen molar-refractivity contribution in [1.82, 2.24) is 24.5 Å². The van der Waals surface area contributed by atoms with E-state index in [4.69, 9.17) is 0 Å². The standard InChI is InChI=1S/C21H17F4N5O/c1-13(30-7-6-20(28-30)16-4-2-14(22)8-18(16)24)21(31,10-29-12-26-11-27-29)17-5-3-15(23)9-19(17)25/h2-9,11-13,31H,10H2,1H3/t13-,21-/m1/s1. The van der Waals surface area contributed by atoms with Crippen LogP contribution in [0, 0.1) is 23.3 Å². The average molecular weight is 431 g/mol. The second-order valence-corrected chi connectivity index (χ2v) is 7.12. The van der Waals surface area contributed by atoms with Crippen LogP contribution in [0.5, 0.6) is 0 Å². The number of halogens is 4. The summed E-state index contributed by atoms with van der Waals surface area (Å²) in [5, 5.41) is 19.8. The summed E-state index contributed by atoms with van der Waals surface area (Å²) in [6.07, 6.45) is 4.09. The van der Waals surface area contributed by atoms with Gasteiger partial charge >= 0.3 is 0 Å². The molecule has 31 heavy (non-hydrogen) atoms. The predicted octanol–water partition coefficient (Wildman–Crippen LogP) is 3.85. The highest BCUT2D eigenvalue weighted by Gasteiger charge is 2.40. The van der Waals surface area contributed by atoms with Crippen LogP contribution in [-0.2, 0) is 12.1 Å². The van der Waals surface area contributed by atoms with Crippen molar-refractivity contribution in [2.75, 3.05) is 0 Å². The molecule has 160 valence electrons. The number of benzene rings is 2. The van der Waals surface area contributed by atoms with Gasteiger partial charge in [0, 0.05) is 29.5 Å². The van der Waals surface area contributed by atoms with Crippen LogP contribution in [0.2, 0.25) is 0 Å². The van der Waals surface area contributed by atoms with E-state index in [-0.39, 0.29) is 23.4 Å². The van der Waals surface area contributed by atoms with Gasteiger partial charge in [-0.1, -0.05) is 6.07 Å². The molecule has 0 unspecified atom stereocenters. The molecular weight excluding hydrogens is 414 g/mol. The summed E-state index contributed by atoms with van der Waals surface area (Å²) in [5.41, 5.74) is -1.81. The Morgan fingerprint density at radius 3 is 2.35 bits per heavy atom. The van der Waals surface area contributed by atoms with Crippen LogP contribution in [0.15, 0.2) is 61.3 Å². The molecule has 2 aromatic carbocycles. The van der Waals surface area contributed by atoms with E-state index in [1.807, 2.05) is 0 Å². The molecule has 0 saturated carbocycles. The van der Waals surface area contributed by atoms with Crippen molar-refractivity contribution in [2.45, 2.75) is 25.1 Å². The molecule has 2 heterocycles. The molecule has 0 aliphatic heterocycles.